The molecule has 0 bridgehead atoms. The molecule has 0 aliphatic heterocycles. The summed E-state index contributed by atoms with van der Waals surface area (Å²) >= 11 is 0. The predicted octanol–water partition coefficient (Wildman–Crippen LogP) is 3.11. The summed E-state index contributed by atoms with van der Waals surface area (Å²) in [5.74, 6) is 1.25. The molecular weight excluding hydrogens is 312 g/mol. The van der Waals surface area contributed by atoms with Crippen molar-refractivity contribution in [1.29, 1.82) is 0 Å². The van der Waals surface area contributed by atoms with Crippen LogP contribution in [-0.4, -0.2) is 18.4 Å². The Balaban J connectivity index is 2.27. The lowest BCUT2D eigenvalue weighted by molar-refractivity contribution is 0.291. The molecule has 0 aliphatic rings. The quantitative estimate of drug-likeness (QED) is 0.790. The summed E-state index contributed by atoms with van der Waals surface area (Å²) in [6.45, 7) is 4.12. The van der Waals surface area contributed by atoms with Crippen molar-refractivity contribution in [3.05, 3.63) is 48.0 Å². The van der Waals surface area contributed by atoms with Crippen LogP contribution in [0.3, 0.4) is 0 Å². The summed E-state index contributed by atoms with van der Waals surface area (Å²) in [6, 6.07) is 6.29. The van der Waals surface area contributed by atoms with Gasteiger partial charge in [-0.05, 0) is 35.7 Å². The number of aromatic nitrogens is 2. The fraction of sp³-hybridized carbons (Fsp3) is 0.286. The summed E-state index contributed by atoms with van der Waals surface area (Å²) in [7, 11) is 1.62. The highest BCUT2D eigenvalue weighted by Gasteiger charge is 2.16. The smallest absolute Gasteiger partial charge is 0.261 e. The lowest BCUT2D eigenvalue weighted by atomic mass is 10.0. The van der Waals surface area contributed by atoms with Crippen LogP contribution in [0.1, 0.15) is 31.2 Å². The molecule has 112 valence electrons. The number of ether oxygens (including phenoxy) is 1. The van der Waals surface area contributed by atoms with Crippen molar-refractivity contribution >= 4 is 19.7 Å². The highest BCUT2D eigenvalue weighted by Crippen LogP contribution is 2.30. The van der Waals surface area contributed by atoms with Crippen molar-refractivity contribution in [2.45, 2.75) is 31.3 Å². The summed E-state index contributed by atoms with van der Waals surface area (Å²) in [5.41, 5.74) is 0.771. The van der Waals surface area contributed by atoms with Gasteiger partial charge < -0.3 is 4.74 Å². The maximum Gasteiger partial charge on any atom is 0.261 e. The van der Waals surface area contributed by atoms with Gasteiger partial charge in [-0.2, -0.15) is 0 Å². The Labute approximate surface area is 128 Å². The maximum absolute atomic E-state index is 11.4. The Morgan fingerprint density at radius 3 is 2.48 bits per heavy atom. The fourth-order valence-corrected chi connectivity index (χ4v) is 2.59. The van der Waals surface area contributed by atoms with Gasteiger partial charge in [-0.25, -0.2) is 18.4 Å². The molecule has 0 N–H and O–H groups in total. The van der Waals surface area contributed by atoms with Crippen LogP contribution in [0.5, 0.6) is 5.75 Å². The lowest BCUT2D eigenvalue weighted by Gasteiger charge is -2.14. The summed E-state index contributed by atoms with van der Waals surface area (Å²) in [5, 5.41) is 0. The first kappa shape index (κ1) is 15.7. The molecule has 0 unspecified atom stereocenters. The van der Waals surface area contributed by atoms with Crippen LogP contribution >= 0.6 is 10.7 Å². The zero-order valence-corrected chi connectivity index (χ0v) is 13.2. The standard InChI is InChI=1S/C14H15ClN2O3S/c1-10(2)12-8-11(21(15,18)19)4-5-13(12)20-9-14-16-6-3-7-17-14/h3-8,10H,9H2,1-2H3. The minimum absolute atomic E-state index is 0.0659. The summed E-state index contributed by atoms with van der Waals surface area (Å²) in [4.78, 5) is 8.21. The zero-order chi connectivity index (χ0) is 15.5. The van der Waals surface area contributed by atoms with E-state index in [2.05, 4.69) is 9.97 Å². The first-order chi connectivity index (χ1) is 9.88. The van der Waals surface area contributed by atoms with E-state index < -0.39 is 9.05 Å². The van der Waals surface area contributed by atoms with E-state index in [1.54, 1.807) is 24.5 Å². The number of benzene rings is 1. The first-order valence-corrected chi connectivity index (χ1v) is 8.66. The molecule has 0 saturated heterocycles. The van der Waals surface area contributed by atoms with Gasteiger partial charge in [0.2, 0.25) is 0 Å². The Hall–Kier alpha value is -1.66. The zero-order valence-electron chi connectivity index (χ0n) is 11.7. The molecule has 0 aliphatic carbocycles. The second-order valence-electron chi connectivity index (χ2n) is 4.75. The molecule has 0 amide bonds. The molecule has 21 heavy (non-hydrogen) atoms. The van der Waals surface area contributed by atoms with Gasteiger partial charge in [0.25, 0.3) is 9.05 Å². The molecular formula is C14H15ClN2O3S. The Kier molecular flexibility index (Phi) is 4.80. The van der Waals surface area contributed by atoms with Crippen LogP contribution in [0.25, 0.3) is 0 Å². The molecule has 5 nitrogen and oxygen atoms in total. The topological polar surface area (TPSA) is 69.2 Å². The largest absolute Gasteiger partial charge is 0.485 e. The van der Waals surface area contributed by atoms with E-state index in [-0.39, 0.29) is 17.4 Å². The van der Waals surface area contributed by atoms with Crippen LogP contribution in [0.4, 0.5) is 0 Å². The molecule has 1 heterocycles. The van der Waals surface area contributed by atoms with E-state index in [0.29, 0.717) is 11.6 Å². The van der Waals surface area contributed by atoms with Crippen LogP contribution in [0, 0.1) is 0 Å². The van der Waals surface area contributed by atoms with Gasteiger partial charge in [-0.3, -0.25) is 0 Å². The highest BCUT2D eigenvalue weighted by molar-refractivity contribution is 8.13. The van der Waals surface area contributed by atoms with Gasteiger partial charge in [0.15, 0.2) is 5.82 Å². The van der Waals surface area contributed by atoms with Crippen LogP contribution in [0.15, 0.2) is 41.6 Å². The van der Waals surface area contributed by atoms with Gasteiger partial charge >= 0.3 is 0 Å². The third kappa shape index (κ3) is 4.15. The van der Waals surface area contributed by atoms with Crippen molar-refractivity contribution in [2.24, 2.45) is 0 Å². The summed E-state index contributed by atoms with van der Waals surface area (Å²) < 4.78 is 28.5. The molecule has 0 fully saturated rings. The van der Waals surface area contributed by atoms with E-state index in [1.165, 1.54) is 12.1 Å². The van der Waals surface area contributed by atoms with Gasteiger partial charge in [-0.1, -0.05) is 13.8 Å². The van der Waals surface area contributed by atoms with E-state index >= 15 is 0 Å². The second-order valence-corrected chi connectivity index (χ2v) is 7.31. The number of nitrogens with zero attached hydrogens (tertiary/aromatic N) is 2. The van der Waals surface area contributed by atoms with Crippen LogP contribution in [0.2, 0.25) is 0 Å². The number of hydrogen-bond donors (Lipinski definition) is 0. The minimum atomic E-state index is -3.75. The van der Waals surface area contributed by atoms with Crippen LogP contribution in [-0.2, 0) is 15.7 Å². The van der Waals surface area contributed by atoms with E-state index in [9.17, 15) is 8.42 Å². The van der Waals surface area contributed by atoms with Gasteiger partial charge in [0.1, 0.15) is 12.4 Å². The number of hydrogen-bond acceptors (Lipinski definition) is 5. The third-order valence-corrected chi connectivity index (χ3v) is 4.21. The molecule has 2 aromatic rings. The van der Waals surface area contributed by atoms with Crippen LogP contribution < -0.4 is 4.74 Å². The third-order valence-electron chi connectivity index (χ3n) is 2.86. The fourth-order valence-electron chi connectivity index (χ4n) is 1.81. The molecule has 2 rings (SSSR count). The van der Waals surface area contributed by atoms with Gasteiger partial charge in [0, 0.05) is 23.1 Å². The SMILES string of the molecule is CC(C)c1cc(S(=O)(=O)Cl)ccc1OCc1ncccn1. The molecule has 0 atom stereocenters. The number of halogens is 1. The Bertz CT molecular complexity index is 718. The normalized spacial score (nSPS) is 11.6. The molecule has 0 radical (unpaired) electrons. The van der Waals surface area contributed by atoms with E-state index in [0.717, 1.165) is 5.56 Å². The Morgan fingerprint density at radius 1 is 1.24 bits per heavy atom. The van der Waals surface area contributed by atoms with Gasteiger partial charge in [0.05, 0.1) is 4.90 Å². The van der Waals surface area contributed by atoms with E-state index in [1.807, 2.05) is 13.8 Å². The van der Waals surface area contributed by atoms with Crippen molar-refractivity contribution in [3.63, 3.8) is 0 Å². The minimum Gasteiger partial charge on any atom is -0.485 e. The monoisotopic (exact) mass is 326 g/mol. The van der Waals surface area contributed by atoms with Crippen molar-refractivity contribution in [2.75, 3.05) is 0 Å². The molecule has 0 saturated carbocycles. The highest BCUT2D eigenvalue weighted by atomic mass is 35.7. The molecule has 1 aromatic heterocycles. The van der Waals surface area contributed by atoms with Crippen molar-refractivity contribution < 1.29 is 13.2 Å². The van der Waals surface area contributed by atoms with E-state index in [4.69, 9.17) is 15.4 Å². The molecule has 0 spiro atoms. The first-order valence-electron chi connectivity index (χ1n) is 6.35. The predicted molar refractivity (Wildman–Crippen MR) is 79.9 cm³/mol. The second kappa shape index (κ2) is 6.41. The number of rotatable bonds is 5. The maximum atomic E-state index is 11.4. The lowest BCUT2D eigenvalue weighted by Crippen LogP contribution is -2.04. The average Bonchev–Trinajstić information content (AvgIpc) is 2.45. The molecule has 1 aromatic carbocycles. The Morgan fingerprint density at radius 2 is 1.90 bits per heavy atom. The molecule has 7 heteroatoms. The van der Waals surface area contributed by atoms with Crippen molar-refractivity contribution in [1.82, 2.24) is 9.97 Å². The van der Waals surface area contributed by atoms with Gasteiger partial charge in [-0.15, -0.1) is 0 Å². The summed E-state index contributed by atoms with van der Waals surface area (Å²) in [6.07, 6.45) is 3.27. The average molecular weight is 327 g/mol. The van der Waals surface area contributed by atoms with Crippen molar-refractivity contribution in [3.8, 4) is 5.75 Å².